The van der Waals surface area contributed by atoms with Crippen LogP contribution in [0.25, 0.3) is 0 Å². The summed E-state index contributed by atoms with van der Waals surface area (Å²) >= 11 is 0. The summed E-state index contributed by atoms with van der Waals surface area (Å²) in [4.78, 5) is 11.3. The number of hydrogen-bond donors (Lipinski definition) is 1. The first-order valence-electron chi connectivity index (χ1n) is 6.37. The third-order valence-electron chi connectivity index (χ3n) is 3.06. The zero-order valence-electron chi connectivity index (χ0n) is 10.6. The van der Waals surface area contributed by atoms with Gasteiger partial charge in [-0.1, -0.05) is 0 Å². The summed E-state index contributed by atoms with van der Waals surface area (Å²) in [5.74, 6) is 0.555. The molecule has 1 aliphatic rings. The van der Waals surface area contributed by atoms with Crippen molar-refractivity contribution < 1.29 is 14.3 Å². The minimum atomic E-state index is -0.243. The van der Waals surface area contributed by atoms with Crippen molar-refractivity contribution in [3.63, 3.8) is 0 Å². The molecule has 1 aromatic rings. The van der Waals surface area contributed by atoms with Gasteiger partial charge in [-0.3, -0.25) is 0 Å². The molecule has 0 aromatic heterocycles. The third kappa shape index (κ3) is 3.01. The van der Waals surface area contributed by atoms with Crippen LogP contribution in [0, 0.1) is 0 Å². The van der Waals surface area contributed by atoms with E-state index in [9.17, 15) is 4.79 Å². The number of benzene rings is 1. The van der Waals surface area contributed by atoms with Gasteiger partial charge in [-0.25, -0.2) is 4.79 Å². The Bertz CT molecular complexity index is 431. The smallest absolute Gasteiger partial charge is 0.338 e. The summed E-state index contributed by atoms with van der Waals surface area (Å²) in [6, 6.07) is 5.48. The molecule has 0 aliphatic carbocycles. The molecular weight excluding hydrogens is 230 g/mol. The first-order valence-corrected chi connectivity index (χ1v) is 6.37. The van der Waals surface area contributed by atoms with Crippen LogP contribution in [0.2, 0.25) is 0 Å². The Kier molecular flexibility index (Phi) is 4.20. The van der Waals surface area contributed by atoms with Gasteiger partial charge < -0.3 is 15.2 Å². The Morgan fingerprint density at radius 3 is 3.06 bits per heavy atom. The van der Waals surface area contributed by atoms with Crippen molar-refractivity contribution in [1.82, 2.24) is 0 Å². The van der Waals surface area contributed by atoms with Gasteiger partial charge in [0.1, 0.15) is 12.4 Å². The lowest BCUT2D eigenvalue weighted by molar-refractivity contribution is 0.0535. The fourth-order valence-electron chi connectivity index (χ4n) is 2.05. The van der Waals surface area contributed by atoms with E-state index in [1.165, 1.54) is 0 Å². The van der Waals surface area contributed by atoms with Crippen molar-refractivity contribution >= 4 is 5.97 Å². The molecule has 0 fully saturated rings. The van der Waals surface area contributed by atoms with Crippen LogP contribution in [0.4, 0.5) is 0 Å². The Morgan fingerprint density at radius 2 is 2.28 bits per heavy atom. The highest BCUT2D eigenvalue weighted by Crippen LogP contribution is 2.25. The lowest BCUT2D eigenvalue weighted by atomic mass is 10.1. The number of ether oxygens (including phenoxy) is 2. The van der Waals surface area contributed by atoms with Crippen molar-refractivity contribution in [2.75, 3.05) is 6.54 Å². The van der Waals surface area contributed by atoms with Gasteiger partial charge in [-0.05, 0) is 50.9 Å². The molecule has 2 rings (SSSR count). The highest BCUT2D eigenvalue weighted by atomic mass is 16.5. The van der Waals surface area contributed by atoms with Crippen molar-refractivity contribution in [2.45, 2.75) is 38.9 Å². The van der Waals surface area contributed by atoms with Gasteiger partial charge in [-0.2, -0.15) is 0 Å². The molecule has 4 nitrogen and oxygen atoms in total. The van der Waals surface area contributed by atoms with Gasteiger partial charge in [0, 0.05) is 5.56 Å². The average Bonchev–Trinajstić information content (AvgIpc) is 2.71. The molecule has 4 heteroatoms. The Morgan fingerprint density at radius 1 is 1.44 bits per heavy atom. The molecular formula is C14H19NO3. The van der Waals surface area contributed by atoms with Gasteiger partial charge in [0.25, 0.3) is 0 Å². The van der Waals surface area contributed by atoms with Gasteiger partial charge in [0.15, 0.2) is 0 Å². The van der Waals surface area contributed by atoms with Crippen molar-refractivity contribution in [3.8, 4) is 5.75 Å². The zero-order valence-corrected chi connectivity index (χ0v) is 10.6. The molecule has 1 unspecified atom stereocenters. The van der Waals surface area contributed by atoms with Crippen LogP contribution in [0.3, 0.4) is 0 Å². The Labute approximate surface area is 107 Å². The maximum atomic E-state index is 11.3. The van der Waals surface area contributed by atoms with Gasteiger partial charge >= 0.3 is 5.97 Å². The summed E-state index contributed by atoms with van der Waals surface area (Å²) in [5, 5.41) is 0. The lowest BCUT2D eigenvalue weighted by Crippen LogP contribution is -2.12. The maximum Gasteiger partial charge on any atom is 0.338 e. The van der Waals surface area contributed by atoms with E-state index in [-0.39, 0.29) is 12.1 Å². The predicted octanol–water partition coefficient (Wildman–Crippen LogP) is 2.25. The van der Waals surface area contributed by atoms with Crippen LogP contribution in [-0.2, 0) is 11.3 Å². The Hall–Kier alpha value is -1.55. The molecule has 0 radical (unpaired) electrons. The number of fused-ring (bicyclic) bond motifs is 1. The number of carbonyl (C=O) groups excluding carboxylic acids is 1. The van der Waals surface area contributed by atoms with Crippen LogP contribution in [0.15, 0.2) is 18.2 Å². The second kappa shape index (κ2) is 5.87. The summed E-state index contributed by atoms with van der Waals surface area (Å²) in [7, 11) is 0. The van der Waals surface area contributed by atoms with Crippen LogP contribution in [0.5, 0.6) is 5.75 Å². The zero-order chi connectivity index (χ0) is 13.0. The number of unbranched alkanes of at least 4 members (excludes halogenated alkanes) is 1. The summed E-state index contributed by atoms with van der Waals surface area (Å²) in [5.41, 5.74) is 7.02. The van der Waals surface area contributed by atoms with Gasteiger partial charge in [0.05, 0.1) is 11.7 Å². The van der Waals surface area contributed by atoms with Crippen molar-refractivity contribution in [1.29, 1.82) is 0 Å². The number of nitrogens with two attached hydrogens (primary N) is 1. The standard InChI is InChI=1S/C14H19NO3/c1-10(4-2-3-7-15)18-12-5-6-13-11(8-12)9-17-14(13)16/h5-6,8,10H,2-4,7,9,15H2,1H3. The van der Waals surface area contributed by atoms with E-state index in [0.29, 0.717) is 12.2 Å². The highest BCUT2D eigenvalue weighted by Gasteiger charge is 2.21. The molecule has 1 atom stereocenters. The minimum absolute atomic E-state index is 0.160. The van der Waals surface area contributed by atoms with Crippen LogP contribution < -0.4 is 10.5 Å². The molecule has 0 saturated heterocycles. The van der Waals surface area contributed by atoms with Crippen molar-refractivity contribution in [2.24, 2.45) is 5.73 Å². The number of cyclic esters (lactones) is 1. The van der Waals surface area contributed by atoms with E-state index >= 15 is 0 Å². The summed E-state index contributed by atoms with van der Waals surface area (Å²) in [6.45, 7) is 3.13. The molecule has 0 spiro atoms. The SMILES string of the molecule is CC(CCCCN)Oc1ccc2c(c1)COC2=O. The summed E-state index contributed by atoms with van der Waals surface area (Å²) < 4.78 is 10.8. The van der Waals surface area contributed by atoms with E-state index in [4.69, 9.17) is 15.2 Å². The Balaban J connectivity index is 1.92. The normalized spacial score (nSPS) is 15.1. The lowest BCUT2D eigenvalue weighted by Gasteiger charge is -2.14. The van der Waals surface area contributed by atoms with Gasteiger partial charge in [0.2, 0.25) is 0 Å². The fourth-order valence-corrected chi connectivity index (χ4v) is 2.05. The quantitative estimate of drug-likeness (QED) is 0.620. The first-order chi connectivity index (χ1) is 8.70. The second-order valence-electron chi connectivity index (χ2n) is 4.61. The molecule has 0 amide bonds. The maximum absolute atomic E-state index is 11.3. The fraction of sp³-hybridized carbons (Fsp3) is 0.500. The largest absolute Gasteiger partial charge is 0.491 e. The molecule has 2 N–H and O–H groups in total. The van der Waals surface area contributed by atoms with E-state index in [1.807, 2.05) is 19.1 Å². The van der Waals surface area contributed by atoms with Gasteiger partial charge in [-0.15, -0.1) is 0 Å². The predicted molar refractivity (Wildman–Crippen MR) is 68.6 cm³/mol. The van der Waals surface area contributed by atoms with Crippen LogP contribution in [0.1, 0.15) is 42.1 Å². The van der Waals surface area contributed by atoms with Crippen LogP contribution >= 0.6 is 0 Å². The molecule has 0 bridgehead atoms. The van der Waals surface area contributed by atoms with E-state index in [2.05, 4.69) is 0 Å². The highest BCUT2D eigenvalue weighted by molar-refractivity contribution is 5.93. The number of esters is 1. The molecule has 1 aromatic carbocycles. The second-order valence-corrected chi connectivity index (χ2v) is 4.61. The first kappa shape index (κ1) is 12.9. The van der Waals surface area contributed by atoms with Crippen LogP contribution in [-0.4, -0.2) is 18.6 Å². The van der Waals surface area contributed by atoms with E-state index in [1.54, 1.807) is 6.07 Å². The monoisotopic (exact) mass is 249 g/mol. The molecule has 1 aliphatic heterocycles. The third-order valence-corrected chi connectivity index (χ3v) is 3.06. The number of hydrogen-bond acceptors (Lipinski definition) is 4. The average molecular weight is 249 g/mol. The molecule has 1 heterocycles. The number of carbonyl (C=O) groups is 1. The molecule has 98 valence electrons. The number of rotatable bonds is 6. The minimum Gasteiger partial charge on any atom is -0.491 e. The topological polar surface area (TPSA) is 61.6 Å². The van der Waals surface area contributed by atoms with E-state index in [0.717, 1.165) is 37.1 Å². The molecule has 18 heavy (non-hydrogen) atoms. The van der Waals surface area contributed by atoms with E-state index < -0.39 is 0 Å². The van der Waals surface area contributed by atoms with Crippen molar-refractivity contribution in [3.05, 3.63) is 29.3 Å². The molecule has 0 saturated carbocycles. The summed E-state index contributed by atoms with van der Waals surface area (Å²) in [6.07, 6.45) is 3.25.